The van der Waals surface area contributed by atoms with Crippen molar-refractivity contribution in [3.8, 4) is 5.75 Å². The monoisotopic (exact) mass is 318 g/mol. The molecule has 1 heterocycles. The quantitative estimate of drug-likeness (QED) is 0.846. The minimum atomic E-state index is -0.0650. The molecule has 0 bridgehead atoms. The topological polar surface area (TPSA) is 37.3 Å². The van der Waals surface area contributed by atoms with Crippen molar-refractivity contribution in [3.05, 3.63) is 41.5 Å². The number of Topliss-reactive ketones (excluding diaryl/α,β-unsaturated/α-hetero) is 1. The number of hydrogen-bond acceptors (Lipinski definition) is 4. The summed E-state index contributed by atoms with van der Waals surface area (Å²) in [5.41, 5.74) is 1.45. The predicted molar refractivity (Wildman–Crippen MR) is 92.6 cm³/mol. The van der Waals surface area contributed by atoms with E-state index in [1.165, 1.54) is 6.92 Å². The lowest BCUT2D eigenvalue weighted by Crippen LogP contribution is -2.17. The second kappa shape index (κ2) is 5.58. The smallest absolute Gasteiger partial charge is 0.163 e. The van der Waals surface area contributed by atoms with Crippen LogP contribution in [0.4, 0.5) is 0 Å². The fourth-order valence-electron chi connectivity index (χ4n) is 2.92. The number of ketones is 1. The van der Waals surface area contributed by atoms with E-state index in [0.29, 0.717) is 5.56 Å². The summed E-state index contributed by atoms with van der Waals surface area (Å²) in [7, 11) is 0. The molecule has 2 aromatic carbocycles. The highest BCUT2D eigenvalue weighted by Gasteiger charge is 2.32. The molecule has 0 radical (unpaired) electrons. The number of phenols is 1. The van der Waals surface area contributed by atoms with Gasteiger partial charge in [0.25, 0.3) is 0 Å². The van der Waals surface area contributed by atoms with Gasteiger partial charge in [0.05, 0.1) is 9.64 Å². The average molecular weight is 318 g/mol. The first kappa shape index (κ1) is 14.8. The van der Waals surface area contributed by atoms with Gasteiger partial charge >= 0.3 is 0 Å². The summed E-state index contributed by atoms with van der Waals surface area (Å²) in [5.74, 6) is 2.36. The first-order valence-electron chi connectivity index (χ1n) is 7.03. The normalized spacial score (nSPS) is 17.2. The van der Waals surface area contributed by atoms with Gasteiger partial charge < -0.3 is 5.11 Å². The van der Waals surface area contributed by atoms with Crippen LogP contribution in [0.3, 0.4) is 0 Å². The summed E-state index contributed by atoms with van der Waals surface area (Å²) in [6.07, 6.45) is 0.801. The number of carbonyl (C=O) groups is 1. The summed E-state index contributed by atoms with van der Waals surface area (Å²) >= 11 is 3.88. The van der Waals surface area contributed by atoms with E-state index in [1.54, 1.807) is 0 Å². The van der Waals surface area contributed by atoms with Crippen LogP contribution in [0, 0.1) is 0 Å². The Balaban J connectivity index is 2.16. The second-order valence-corrected chi connectivity index (χ2v) is 9.00. The highest BCUT2D eigenvalue weighted by atomic mass is 32.2. The van der Waals surface area contributed by atoms with Crippen LogP contribution in [0.2, 0.25) is 0 Å². The predicted octanol–water partition coefficient (Wildman–Crippen LogP) is 4.49. The summed E-state index contributed by atoms with van der Waals surface area (Å²) in [5, 5.41) is 12.3. The van der Waals surface area contributed by atoms with Crippen LogP contribution >= 0.6 is 23.5 Å². The van der Waals surface area contributed by atoms with Gasteiger partial charge in [0.2, 0.25) is 0 Å². The van der Waals surface area contributed by atoms with Gasteiger partial charge in [-0.1, -0.05) is 30.3 Å². The molecule has 0 atom stereocenters. The first-order valence-corrected chi connectivity index (χ1v) is 9.00. The molecule has 21 heavy (non-hydrogen) atoms. The molecule has 0 unspecified atom stereocenters. The molecule has 2 nitrogen and oxygen atoms in total. The fraction of sp³-hybridized carbons (Fsp3) is 0.353. The average Bonchev–Trinajstić information content (AvgIpc) is 2.85. The number of thioether (sulfide) groups is 2. The Kier molecular flexibility index (Phi) is 3.93. The van der Waals surface area contributed by atoms with Crippen LogP contribution in [0.1, 0.15) is 29.8 Å². The van der Waals surface area contributed by atoms with Crippen LogP contribution in [0.15, 0.2) is 30.3 Å². The van der Waals surface area contributed by atoms with E-state index in [-0.39, 0.29) is 15.6 Å². The van der Waals surface area contributed by atoms with E-state index in [1.807, 2.05) is 47.8 Å². The molecule has 1 fully saturated rings. The lowest BCUT2D eigenvalue weighted by Gasteiger charge is -2.23. The van der Waals surface area contributed by atoms with E-state index in [9.17, 15) is 9.90 Å². The molecule has 1 aliphatic heterocycles. The molecule has 0 aliphatic carbocycles. The van der Waals surface area contributed by atoms with Gasteiger partial charge in [-0.05, 0) is 31.2 Å². The van der Waals surface area contributed by atoms with Crippen molar-refractivity contribution in [1.82, 2.24) is 0 Å². The van der Waals surface area contributed by atoms with Crippen molar-refractivity contribution < 1.29 is 9.90 Å². The molecule has 0 amide bonds. The number of carbonyl (C=O) groups excluding carboxylic acids is 1. The Morgan fingerprint density at radius 1 is 1.29 bits per heavy atom. The zero-order chi connectivity index (χ0) is 15.0. The second-order valence-electron chi connectivity index (χ2n) is 5.54. The molecule has 1 N–H and O–H groups in total. The largest absolute Gasteiger partial charge is 0.507 e. The number of aromatic hydroxyl groups is 1. The highest BCUT2D eigenvalue weighted by Crippen LogP contribution is 2.47. The third-order valence-electron chi connectivity index (χ3n) is 3.87. The molecule has 1 aliphatic rings. The van der Waals surface area contributed by atoms with E-state index in [0.717, 1.165) is 34.3 Å². The lowest BCUT2D eigenvalue weighted by molar-refractivity contribution is 0.101. The van der Waals surface area contributed by atoms with Crippen LogP contribution in [0.25, 0.3) is 10.8 Å². The van der Waals surface area contributed by atoms with Crippen molar-refractivity contribution in [2.45, 2.75) is 24.3 Å². The van der Waals surface area contributed by atoms with Gasteiger partial charge in [-0.3, -0.25) is 4.79 Å². The van der Waals surface area contributed by atoms with Crippen molar-refractivity contribution in [2.24, 2.45) is 0 Å². The minimum Gasteiger partial charge on any atom is -0.507 e. The van der Waals surface area contributed by atoms with Gasteiger partial charge in [0.15, 0.2) is 5.78 Å². The molecule has 0 spiro atoms. The van der Waals surface area contributed by atoms with Crippen molar-refractivity contribution in [1.29, 1.82) is 0 Å². The summed E-state index contributed by atoms with van der Waals surface area (Å²) in [6, 6.07) is 9.76. The Labute approximate surface area is 133 Å². The number of hydrogen-bond donors (Lipinski definition) is 1. The van der Waals surface area contributed by atoms with E-state index < -0.39 is 0 Å². The maximum Gasteiger partial charge on any atom is 0.163 e. The Morgan fingerprint density at radius 2 is 1.95 bits per heavy atom. The molecule has 0 aromatic heterocycles. The molecule has 4 heteroatoms. The summed E-state index contributed by atoms with van der Waals surface area (Å²) < 4.78 is 0.0963. The third-order valence-corrected chi connectivity index (χ3v) is 7.16. The lowest BCUT2D eigenvalue weighted by atomic mass is 9.94. The number of fused-ring (bicyclic) bond motifs is 1. The summed E-state index contributed by atoms with van der Waals surface area (Å²) in [6.45, 7) is 3.76. The van der Waals surface area contributed by atoms with Crippen LogP contribution in [-0.2, 0) is 6.42 Å². The Bertz CT molecular complexity index is 703. The van der Waals surface area contributed by atoms with Gasteiger partial charge in [0.1, 0.15) is 5.75 Å². The minimum absolute atomic E-state index is 0.0650. The highest BCUT2D eigenvalue weighted by molar-refractivity contribution is 8.21. The molecule has 3 rings (SSSR count). The third kappa shape index (κ3) is 2.79. The van der Waals surface area contributed by atoms with Gasteiger partial charge in [-0.25, -0.2) is 0 Å². The van der Waals surface area contributed by atoms with Crippen LogP contribution < -0.4 is 0 Å². The van der Waals surface area contributed by atoms with Gasteiger partial charge in [0, 0.05) is 16.9 Å². The number of benzene rings is 2. The number of phenolic OH excluding ortho intramolecular Hbond substituents is 1. The van der Waals surface area contributed by atoms with Crippen LogP contribution in [0.5, 0.6) is 5.75 Å². The van der Waals surface area contributed by atoms with Crippen LogP contribution in [-0.4, -0.2) is 26.5 Å². The first-order chi connectivity index (χ1) is 10.0. The Hall–Kier alpha value is -1.13. The SMILES string of the molecule is CC(=O)c1c(CC2(C)SCCS2)cc2ccccc2c1O. The van der Waals surface area contributed by atoms with Crippen molar-refractivity contribution in [2.75, 3.05) is 11.5 Å². The van der Waals surface area contributed by atoms with Crippen molar-refractivity contribution >= 4 is 40.1 Å². The molecular weight excluding hydrogens is 300 g/mol. The summed E-state index contributed by atoms with van der Waals surface area (Å²) in [4.78, 5) is 12.0. The van der Waals surface area contributed by atoms with Gasteiger partial charge in [-0.15, -0.1) is 23.5 Å². The van der Waals surface area contributed by atoms with E-state index in [4.69, 9.17) is 0 Å². The van der Waals surface area contributed by atoms with E-state index >= 15 is 0 Å². The molecular formula is C17H18O2S2. The standard InChI is InChI=1S/C17H18O2S2/c1-11(18)15-13(10-17(2)20-7-8-21-17)9-12-5-3-4-6-14(12)16(15)19/h3-6,9,19H,7-8,10H2,1-2H3. The molecule has 110 valence electrons. The molecule has 1 saturated heterocycles. The van der Waals surface area contributed by atoms with Crippen molar-refractivity contribution in [3.63, 3.8) is 0 Å². The zero-order valence-corrected chi connectivity index (χ0v) is 13.8. The molecule has 2 aromatic rings. The Morgan fingerprint density at radius 3 is 2.62 bits per heavy atom. The van der Waals surface area contributed by atoms with E-state index in [2.05, 4.69) is 13.0 Å². The molecule has 0 saturated carbocycles. The maximum atomic E-state index is 12.0. The number of rotatable bonds is 3. The zero-order valence-electron chi connectivity index (χ0n) is 12.2. The van der Waals surface area contributed by atoms with Gasteiger partial charge in [-0.2, -0.15) is 0 Å². The maximum absolute atomic E-state index is 12.0. The fourth-order valence-corrected chi connectivity index (χ4v) is 5.80.